The van der Waals surface area contributed by atoms with Crippen molar-refractivity contribution in [1.82, 2.24) is 0 Å². The molecule has 0 bridgehead atoms. The molecule has 0 radical (unpaired) electrons. The van der Waals surface area contributed by atoms with E-state index in [4.69, 9.17) is 5.73 Å². The lowest BCUT2D eigenvalue weighted by Gasteiger charge is -2.26. The van der Waals surface area contributed by atoms with Gasteiger partial charge in [0.1, 0.15) is 0 Å². The second-order valence-electron chi connectivity index (χ2n) is 6.40. The van der Waals surface area contributed by atoms with Crippen molar-refractivity contribution in [2.24, 2.45) is 17.6 Å². The smallest absolute Gasteiger partial charge is 0.00390 e. The molecule has 2 rings (SSSR count). The maximum Gasteiger partial charge on any atom is 0.00390 e. The fourth-order valence-corrected chi connectivity index (χ4v) is 3.01. The Balaban J connectivity index is 1.86. The Morgan fingerprint density at radius 3 is 2.11 bits per heavy atom. The molecule has 0 spiro atoms. The molecule has 2 N–H and O–H groups in total. The van der Waals surface area contributed by atoms with E-state index in [-0.39, 0.29) is 0 Å². The number of benzene rings is 1. The van der Waals surface area contributed by atoms with E-state index in [1.807, 2.05) is 0 Å². The van der Waals surface area contributed by atoms with Gasteiger partial charge in [-0.3, -0.25) is 0 Å². The van der Waals surface area contributed by atoms with Crippen molar-refractivity contribution >= 4 is 0 Å². The van der Waals surface area contributed by atoms with Crippen LogP contribution in [0.15, 0.2) is 24.3 Å². The second kappa shape index (κ2) is 6.38. The van der Waals surface area contributed by atoms with Crippen LogP contribution in [0.25, 0.3) is 0 Å². The molecule has 1 aliphatic carbocycles. The third-order valence-corrected chi connectivity index (χ3v) is 4.08. The van der Waals surface area contributed by atoms with Crippen LogP contribution in [0.3, 0.4) is 0 Å². The summed E-state index contributed by atoms with van der Waals surface area (Å²) in [4.78, 5) is 0. The predicted molar refractivity (Wildman–Crippen MR) is 78.6 cm³/mol. The molecule has 100 valence electrons. The van der Waals surface area contributed by atoms with Gasteiger partial charge in [0.05, 0.1) is 0 Å². The van der Waals surface area contributed by atoms with Gasteiger partial charge in [0.25, 0.3) is 0 Å². The molecule has 1 fully saturated rings. The highest BCUT2D eigenvalue weighted by molar-refractivity contribution is 5.23. The van der Waals surface area contributed by atoms with Gasteiger partial charge in [0.2, 0.25) is 0 Å². The van der Waals surface area contributed by atoms with E-state index in [9.17, 15) is 0 Å². The van der Waals surface area contributed by atoms with Crippen LogP contribution >= 0.6 is 0 Å². The van der Waals surface area contributed by atoms with Crippen LogP contribution in [0, 0.1) is 11.8 Å². The quantitative estimate of drug-likeness (QED) is 0.854. The summed E-state index contributed by atoms with van der Waals surface area (Å²) >= 11 is 0. The lowest BCUT2D eigenvalue weighted by Crippen LogP contribution is -2.27. The van der Waals surface area contributed by atoms with Gasteiger partial charge in [-0.05, 0) is 61.5 Å². The van der Waals surface area contributed by atoms with Crippen LogP contribution in [-0.4, -0.2) is 6.04 Å². The molecule has 0 heterocycles. The zero-order chi connectivity index (χ0) is 13.0. The Labute approximate surface area is 112 Å². The van der Waals surface area contributed by atoms with Crippen molar-refractivity contribution in [2.75, 3.05) is 0 Å². The lowest BCUT2D eigenvalue weighted by molar-refractivity contribution is 0.325. The highest BCUT2D eigenvalue weighted by Crippen LogP contribution is 2.26. The molecule has 1 aromatic carbocycles. The van der Waals surface area contributed by atoms with Crippen molar-refractivity contribution in [3.63, 3.8) is 0 Å². The Hall–Kier alpha value is -0.820. The molecular weight excluding hydrogens is 218 g/mol. The molecule has 1 nitrogen and oxygen atoms in total. The van der Waals surface area contributed by atoms with E-state index < -0.39 is 0 Å². The van der Waals surface area contributed by atoms with Gasteiger partial charge in [0, 0.05) is 6.04 Å². The predicted octanol–water partition coefficient (Wildman–Crippen LogP) is 3.95. The van der Waals surface area contributed by atoms with E-state index in [0.29, 0.717) is 6.04 Å². The summed E-state index contributed by atoms with van der Waals surface area (Å²) < 4.78 is 0. The average molecular weight is 245 g/mol. The average Bonchev–Trinajstić information content (AvgIpc) is 2.34. The molecule has 0 amide bonds. The van der Waals surface area contributed by atoms with Gasteiger partial charge in [-0.1, -0.05) is 38.1 Å². The molecule has 1 saturated carbocycles. The molecular formula is C17H27N. The molecule has 0 aliphatic heterocycles. The largest absolute Gasteiger partial charge is 0.328 e. The van der Waals surface area contributed by atoms with Gasteiger partial charge < -0.3 is 5.73 Å². The zero-order valence-corrected chi connectivity index (χ0v) is 11.9. The molecule has 1 heteroatoms. The van der Waals surface area contributed by atoms with Gasteiger partial charge in [-0.2, -0.15) is 0 Å². The summed E-state index contributed by atoms with van der Waals surface area (Å²) in [5.74, 6) is 1.61. The fourth-order valence-electron chi connectivity index (χ4n) is 3.01. The first-order chi connectivity index (χ1) is 8.63. The highest BCUT2D eigenvalue weighted by atomic mass is 14.6. The normalized spacial score (nSPS) is 24.4. The Morgan fingerprint density at radius 1 is 1.00 bits per heavy atom. The monoisotopic (exact) mass is 245 g/mol. The molecule has 1 aliphatic rings. The molecule has 0 atom stereocenters. The standard InChI is InChI=1S/C17H27N/c1-13(2)11-14-3-5-15(6-4-14)12-16-7-9-17(18)10-8-16/h3-6,13,16-17H,7-12,18H2,1-2H3. The van der Waals surface area contributed by atoms with Crippen molar-refractivity contribution in [1.29, 1.82) is 0 Å². The van der Waals surface area contributed by atoms with Gasteiger partial charge >= 0.3 is 0 Å². The number of hydrogen-bond donors (Lipinski definition) is 1. The molecule has 18 heavy (non-hydrogen) atoms. The van der Waals surface area contributed by atoms with Crippen LogP contribution in [0.5, 0.6) is 0 Å². The minimum absolute atomic E-state index is 0.467. The van der Waals surface area contributed by atoms with Crippen LogP contribution in [0.2, 0.25) is 0 Å². The van der Waals surface area contributed by atoms with Crippen LogP contribution < -0.4 is 5.73 Å². The van der Waals surface area contributed by atoms with Crippen LogP contribution in [0.4, 0.5) is 0 Å². The van der Waals surface area contributed by atoms with Crippen molar-refractivity contribution < 1.29 is 0 Å². The van der Waals surface area contributed by atoms with E-state index in [2.05, 4.69) is 38.1 Å². The zero-order valence-electron chi connectivity index (χ0n) is 11.9. The summed E-state index contributed by atoms with van der Waals surface area (Å²) in [6, 6.07) is 9.74. The van der Waals surface area contributed by atoms with E-state index >= 15 is 0 Å². The third kappa shape index (κ3) is 4.13. The van der Waals surface area contributed by atoms with Crippen LogP contribution in [-0.2, 0) is 12.8 Å². The van der Waals surface area contributed by atoms with Crippen molar-refractivity contribution in [3.05, 3.63) is 35.4 Å². The number of hydrogen-bond acceptors (Lipinski definition) is 1. The highest BCUT2D eigenvalue weighted by Gasteiger charge is 2.18. The summed E-state index contributed by atoms with van der Waals surface area (Å²) in [6.45, 7) is 4.55. The lowest BCUT2D eigenvalue weighted by atomic mass is 9.82. The molecule has 1 aromatic rings. The first kappa shape index (κ1) is 13.6. The Bertz CT molecular complexity index is 344. The van der Waals surface area contributed by atoms with E-state index in [1.54, 1.807) is 0 Å². The second-order valence-corrected chi connectivity index (χ2v) is 6.40. The minimum atomic E-state index is 0.467. The van der Waals surface area contributed by atoms with Crippen molar-refractivity contribution in [3.8, 4) is 0 Å². The fraction of sp³-hybridized carbons (Fsp3) is 0.647. The van der Waals surface area contributed by atoms with Crippen molar-refractivity contribution in [2.45, 2.75) is 58.4 Å². The SMILES string of the molecule is CC(C)Cc1ccc(CC2CCC(N)CC2)cc1. The van der Waals surface area contributed by atoms with Crippen LogP contribution in [0.1, 0.15) is 50.7 Å². The maximum absolute atomic E-state index is 5.96. The topological polar surface area (TPSA) is 26.0 Å². The molecule has 0 saturated heterocycles. The Morgan fingerprint density at radius 2 is 1.56 bits per heavy atom. The summed E-state index contributed by atoms with van der Waals surface area (Å²) in [6.07, 6.45) is 7.50. The Kier molecular flexibility index (Phi) is 4.82. The minimum Gasteiger partial charge on any atom is -0.328 e. The summed E-state index contributed by atoms with van der Waals surface area (Å²) in [5.41, 5.74) is 8.93. The number of nitrogens with two attached hydrogens (primary N) is 1. The van der Waals surface area contributed by atoms with E-state index in [0.717, 1.165) is 11.8 Å². The van der Waals surface area contributed by atoms with Gasteiger partial charge in [-0.25, -0.2) is 0 Å². The summed E-state index contributed by atoms with van der Waals surface area (Å²) in [5, 5.41) is 0. The number of rotatable bonds is 4. The van der Waals surface area contributed by atoms with E-state index in [1.165, 1.54) is 49.7 Å². The third-order valence-electron chi connectivity index (χ3n) is 4.08. The first-order valence-electron chi connectivity index (χ1n) is 7.47. The first-order valence-corrected chi connectivity index (χ1v) is 7.47. The molecule has 0 aromatic heterocycles. The summed E-state index contributed by atoms with van der Waals surface area (Å²) in [7, 11) is 0. The van der Waals surface area contributed by atoms with Gasteiger partial charge in [0.15, 0.2) is 0 Å². The maximum atomic E-state index is 5.96. The molecule has 0 unspecified atom stereocenters. The van der Waals surface area contributed by atoms with Gasteiger partial charge in [-0.15, -0.1) is 0 Å².